The third kappa shape index (κ3) is 3.34. The maximum absolute atomic E-state index is 11.5. The smallest absolute Gasteiger partial charge is 0.373 e. The van der Waals surface area contributed by atoms with E-state index in [0.29, 0.717) is 16.7 Å². The predicted octanol–water partition coefficient (Wildman–Crippen LogP) is 2.93. The van der Waals surface area contributed by atoms with Crippen LogP contribution in [-0.4, -0.2) is 25.2 Å². The minimum atomic E-state index is -0.605. The standard InChI is InChI=1S/C15H16O6/c1-8(2)19-10-5-12(20-9(3)16)11-7-14(15(17)18-4)21-13(11)6-10/h5-8H,1-4H3. The first kappa shape index (κ1) is 14.9. The van der Waals surface area contributed by atoms with Crippen molar-refractivity contribution in [1.82, 2.24) is 0 Å². The van der Waals surface area contributed by atoms with Crippen LogP contribution < -0.4 is 9.47 Å². The Balaban J connectivity index is 2.55. The molecule has 1 aromatic carbocycles. The molecule has 21 heavy (non-hydrogen) atoms. The summed E-state index contributed by atoms with van der Waals surface area (Å²) in [4.78, 5) is 22.7. The average Bonchev–Trinajstić information content (AvgIpc) is 2.80. The van der Waals surface area contributed by atoms with Crippen LogP contribution in [0.1, 0.15) is 31.3 Å². The summed E-state index contributed by atoms with van der Waals surface area (Å²) in [6.45, 7) is 5.04. The zero-order chi connectivity index (χ0) is 15.6. The molecule has 2 rings (SSSR count). The van der Waals surface area contributed by atoms with Gasteiger partial charge in [-0.15, -0.1) is 0 Å². The van der Waals surface area contributed by atoms with Crippen molar-refractivity contribution in [3.05, 3.63) is 24.0 Å². The summed E-state index contributed by atoms with van der Waals surface area (Å²) in [7, 11) is 1.26. The Kier molecular flexibility index (Phi) is 4.16. The Morgan fingerprint density at radius 3 is 2.48 bits per heavy atom. The van der Waals surface area contributed by atoms with Crippen molar-refractivity contribution in [3.63, 3.8) is 0 Å². The van der Waals surface area contributed by atoms with Gasteiger partial charge in [-0.3, -0.25) is 4.79 Å². The van der Waals surface area contributed by atoms with E-state index in [-0.39, 0.29) is 17.6 Å². The Morgan fingerprint density at radius 1 is 1.19 bits per heavy atom. The van der Waals surface area contributed by atoms with Crippen molar-refractivity contribution < 1.29 is 28.2 Å². The van der Waals surface area contributed by atoms with Crippen LogP contribution in [-0.2, 0) is 9.53 Å². The molecule has 0 aliphatic rings. The third-order valence-electron chi connectivity index (χ3n) is 2.59. The summed E-state index contributed by atoms with van der Waals surface area (Å²) in [6, 6.07) is 4.69. The van der Waals surface area contributed by atoms with Crippen LogP contribution in [0.5, 0.6) is 11.5 Å². The van der Waals surface area contributed by atoms with E-state index in [0.717, 1.165) is 0 Å². The maximum atomic E-state index is 11.5. The fourth-order valence-electron chi connectivity index (χ4n) is 1.86. The molecule has 0 spiro atoms. The largest absolute Gasteiger partial charge is 0.491 e. The van der Waals surface area contributed by atoms with Gasteiger partial charge in [0, 0.05) is 25.1 Å². The van der Waals surface area contributed by atoms with Gasteiger partial charge in [0.1, 0.15) is 17.1 Å². The molecule has 2 aromatic rings. The molecule has 1 heterocycles. The minimum Gasteiger partial charge on any atom is -0.491 e. The minimum absolute atomic E-state index is 0.0302. The molecule has 0 unspecified atom stereocenters. The first-order valence-electron chi connectivity index (χ1n) is 6.41. The van der Waals surface area contributed by atoms with Crippen LogP contribution in [0.15, 0.2) is 22.6 Å². The van der Waals surface area contributed by atoms with Crippen LogP contribution in [0.3, 0.4) is 0 Å². The second-order valence-corrected chi connectivity index (χ2v) is 4.70. The summed E-state index contributed by atoms with van der Waals surface area (Å²) in [5.41, 5.74) is 0.379. The zero-order valence-electron chi connectivity index (χ0n) is 12.3. The number of methoxy groups -OCH3 is 1. The molecule has 0 amide bonds. The molecular weight excluding hydrogens is 276 g/mol. The lowest BCUT2D eigenvalue weighted by atomic mass is 10.2. The Hall–Kier alpha value is -2.50. The number of hydrogen-bond donors (Lipinski definition) is 0. The molecule has 6 nitrogen and oxygen atoms in total. The first-order valence-corrected chi connectivity index (χ1v) is 6.41. The molecule has 0 atom stereocenters. The molecular formula is C15H16O6. The number of carbonyl (C=O) groups excluding carboxylic acids is 2. The van der Waals surface area contributed by atoms with Crippen LogP contribution in [0.2, 0.25) is 0 Å². The zero-order valence-corrected chi connectivity index (χ0v) is 12.3. The van der Waals surface area contributed by atoms with Gasteiger partial charge in [-0.05, 0) is 13.8 Å². The highest BCUT2D eigenvalue weighted by Crippen LogP contribution is 2.34. The van der Waals surface area contributed by atoms with Crippen LogP contribution in [0.4, 0.5) is 0 Å². The summed E-state index contributed by atoms with van der Waals surface area (Å²) in [5, 5.41) is 0.502. The third-order valence-corrected chi connectivity index (χ3v) is 2.59. The monoisotopic (exact) mass is 292 g/mol. The number of esters is 2. The van der Waals surface area contributed by atoms with Gasteiger partial charge in [0.2, 0.25) is 5.76 Å². The number of rotatable bonds is 4. The molecule has 0 N–H and O–H groups in total. The van der Waals surface area contributed by atoms with E-state index in [1.807, 2.05) is 13.8 Å². The van der Waals surface area contributed by atoms with E-state index in [9.17, 15) is 9.59 Å². The molecule has 6 heteroatoms. The number of hydrogen-bond acceptors (Lipinski definition) is 6. The van der Waals surface area contributed by atoms with Crippen LogP contribution >= 0.6 is 0 Å². The summed E-state index contributed by atoms with van der Waals surface area (Å²) in [5.74, 6) is -0.290. The van der Waals surface area contributed by atoms with Crippen molar-refractivity contribution in [2.75, 3.05) is 7.11 Å². The van der Waals surface area contributed by atoms with E-state index in [1.165, 1.54) is 20.1 Å². The summed E-state index contributed by atoms with van der Waals surface area (Å²) >= 11 is 0. The molecule has 112 valence electrons. The number of furan rings is 1. The first-order chi connectivity index (χ1) is 9.90. The van der Waals surface area contributed by atoms with Gasteiger partial charge >= 0.3 is 11.9 Å². The van der Waals surface area contributed by atoms with Crippen molar-refractivity contribution in [2.24, 2.45) is 0 Å². The molecule has 0 saturated heterocycles. The quantitative estimate of drug-likeness (QED) is 0.637. The summed E-state index contributed by atoms with van der Waals surface area (Å²) in [6.07, 6.45) is -0.0531. The second kappa shape index (κ2) is 5.87. The molecule has 0 aliphatic heterocycles. The van der Waals surface area contributed by atoms with E-state index in [2.05, 4.69) is 4.74 Å². The SMILES string of the molecule is COC(=O)c1cc2c(OC(C)=O)cc(OC(C)C)cc2o1. The normalized spacial score (nSPS) is 10.7. The number of carbonyl (C=O) groups is 2. The van der Waals surface area contributed by atoms with E-state index in [1.54, 1.807) is 12.1 Å². The lowest BCUT2D eigenvalue weighted by Gasteiger charge is -2.11. The molecule has 0 saturated carbocycles. The lowest BCUT2D eigenvalue weighted by molar-refractivity contribution is -0.131. The molecule has 0 aliphatic carbocycles. The van der Waals surface area contributed by atoms with E-state index < -0.39 is 11.9 Å². The Bertz CT molecular complexity index is 683. The molecule has 0 fully saturated rings. The molecule has 1 aromatic heterocycles. The van der Waals surface area contributed by atoms with Gasteiger partial charge in [0.15, 0.2) is 0 Å². The fourth-order valence-corrected chi connectivity index (χ4v) is 1.86. The molecule has 0 bridgehead atoms. The van der Waals surface area contributed by atoms with Gasteiger partial charge in [-0.2, -0.15) is 0 Å². The fraction of sp³-hybridized carbons (Fsp3) is 0.333. The van der Waals surface area contributed by atoms with E-state index >= 15 is 0 Å². The Labute approximate surface area is 121 Å². The average molecular weight is 292 g/mol. The van der Waals surface area contributed by atoms with Crippen molar-refractivity contribution in [2.45, 2.75) is 26.9 Å². The van der Waals surface area contributed by atoms with Crippen LogP contribution in [0, 0.1) is 0 Å². The van der Waals surface area contributed by atoms with Gasteiger partial charge in [0.05, 0.1) is 18.6 Å². The van der Waals surface area contributed by atoms with Gasteiger partial charge < -0.3 is 18.6 Å². The van der Waals surface area contributed by atoms with Crippen LogP contribution in [0.25, 0.3) is 11.0 Å². The maximum Gasteiger partial charge on any atom is 0.373 e. The van der Waals surface area contributed by atoms with Gasteiger partial charge in [-0.25, -0.2) is 4.79 Å². The lowest BCUT2D eigenvalue weighted by Crippen LogP contribution is -2.06. The van der Waals surface area contributed by atoms with Gasteiger partial charge in [0.25, 0.3) is 0 Å². The predicted molar refractivity (Wildman–Crippen MR) is 74.6 cm³/mol. The number of fused-ring (bicyclic) bond motifs is 1. The van der Waals surface area contributed by atoms with Crippen molar-refractivity contribution in [3.8, 4) is 11.5 Å². The summed E-state index contributed by atoms with van der Waals surface area (Å²) < 4.78 is 20.7. The highest BCUT2D eigenvalue weighted by Gasteiger charge is 2.18. The van der Waals surface area contributed by atoms with Gasteiger partial charge in [-0.1, -0.05) is 0 Å². The molecule has 0 radical (unpaired) electrons. The van der Waals surface area contributed by atoms with Crippen molar-refractivity contribution >= 4 is 22.9 Å². The van der Waals surface area contributed by atoms with Crippen molar-refractivity contribution in [1.29, 1.82) is 0 Å². The highest BCUT2D eigenvalue weighted by atomic mass is 16.5. The number of ether oxygens (including phenoxy) is 3. The Morgan fingerprint density at radius 2 is 1.90 bits per heavy atom. The highest BCUT2D eigenvalue weighted by molar-refractivity contribution is 5.96. The second-order valence-electron chi connectivity index (χ2n) is 4.70. The topological polar surface area (TPSA) is 75.0 Å². The number of benzene rings is 1. The van der Waals surface area contributed by atoms with E-state index in [4.69, 9.17) is 13.9 Å².